The van der Waals surface area contributed by atoms with Crippen LogP contribution >= 0.6 is 0 Å². The normalized spacial score (nSPS) is 10.4. The predicted octanol–water partition coefficient (Wildman–Crippen LogP) is 1.85. The summed E-state index contributed by atoms with van der Waals surface area (Å²) in [6.45, 7) is 1.85. The third-order valence-corrected chi connectivity index (χ3v) is 3.05. The second kappa shape index (κ2) is 5.61. The molecule has 1 heterocycles. The summed E-state index contributed by atoms with van der Waals surface area (Å²) in [6, 6.07) is 4.50. The molecule has 1 aromatic heterocycles. The highest BCUT2D eigenvalue weighted by Crippen LogP contribution is 2.28. The number of aromatic carboxylic acids is 1. The van der Waals surface area contributed by atoms with Crippen LogP contribution in [-0.4, -0.2) is 32.7 Å². The van der Waals surface area contributed by atoms with Gasteiger partial charge in [-0.3, -0.25) is 10.1 Å². The van der Waals surface area contributed by atoms with Crippen LogP contribution in [0.3, 0.4) is 0 Å². The van der Waals surface area contributed by atoms with Crippen molar-refractivity contribution in [1.82, 2.24) is 9.55 Å². The van der Waals surface area contributed by atoms with Gasteiger partial charge in [0.05, 0.1) is 18.2 Å². The van der Waals surface area contributed by atoms with Gasteiger partial charge in [-0.1, -0.05) is 6.07 Å². The number of aryl methyl sites for hydroxylation is 1. The number of carboxylic acid groups (broad SMARTS) is 1. The number of nitro benzene ring substituents is 1. The van der Waals surface area contributed by atoms with Crippen molar-refractivity contribution in [3.63, 3.8) is 0 Å². The fourth-order valence-electron chi connectivity index (χ4n) is 2.00. The smallest absolute Gasteiger partial charge is 0.354 e. The lowest BCUT2D eigenvalue weighted by Gasteiger charge is -2.09. The van der Waals surface area contributed by atoms with E-state index in [2.05, 4.69) is 4.98 Å². The van der Waals surface area contributed by atoms with Gasteiger partial charge in [0, 0.05) is 12.6 Å². The Bertz CT molecular complexity index is 708. The van der Waals surface area contributed by atoms with Gasteiger partial charge >= 0.3 is 11.7 Å². The number of carboxylic acids is 1. The minimum atomic E-state index is -1.10. The Morgan fingerprint density at radius 3 is 2.81 bits per heavy atom. The summed E-state index contributed by atoms with van der Waals surface area (Å²) in [5, 5.41) is 20.1. The quantitative estimate of drug-likeness (QED) is 0.665. The molecule has 0 unspecified atom stereocenters. The summed E-state index contributed by atoms with van der Waals surface area (Å²) in [7, 11) is 1.35. The molecule has 8 heteroatoms. The molecular weight excluding hydrogens is 278 g/mol. The van der Waals surface area contributed by atoms with E-state index in [-0.39, 0.29) is 23.7 Å². The van der Waals surface area contributed by atoms with Crippen molar-refractivity contribution in [3.05, 3.63) is 51.6 Å². The summed E-state index contributed by atoms with van der Waals surface area (Å²) >= 11 is 0. The van der Waals surface area contributed by atoms with E-state index >= 15 is 0 Å². The zero-order valence-corrected chi connectivity index (χ0v) is 11.4. The average molecular weight is 291 g/mol. The highest BCUT2D eigenvalue weighted by molar-refractivity contribution is 5.85. The Balaban J connectivity index is 2.41. The van der Waals surface area contributed by atoms with Crippen LogP contribution in [0.15, 0.2) is 24.4 Å². The fraction of sp³-hybridized carbons (Fsp3) is 0.231. The number of imidazole rings is 1. The van der Waals surface area contributed by atoms with Crippen LogP contribution in [0.2, 0.25) is 0 Å². The number of aromatic nitrogens is 2. The van der Waals surface area contributed by atoms with E-state index in [1.807, 2.05) is 0 Å². The highest BCUT2D eigenvalue weighted by Gasteiger charge is 2.18. The molecule has 1 N–H and O–H groups in total. The van der Waals surface area contributed by atoms with Crippen molar-refractivity contribution in [2.24, 2.45) is 0 Å². The second-order valence-corrected chi connectivity index (χ2v) is 4.35. The summed E-state index contributed by atoms with van der Waals surface area (Å²) in [4.78, 5) is 25.5. The number of ether oxygens (including phenoxy) is 1. The number of nitrogens with zero attached hydrogens (tertiary/aromatic N) is 3. The molecule has 8 nitrogen and oxygen atoms in total. The van der Waals surface area contributed by atoms with Crippen molar-refractivity contribution < 1.29 is 19.6 Å². The molecule has 21 heavy (non-hydrogen) atoms. The lowest BCUT2D eigenvalue weighted by molar-refractivity contribution is -0.385. The topological polar surface area (TPSA) is 107 Å². The van der Waals surface area contributed by atoms with Gasteiger partial charge in [0.15, 0.2) is 5.75 Å². The van der Waals surface area contributed by atoms with Crippen LogP contribution in [0.1, 0.15) is 21.9 Å². The van der Waals surface area contributed by atoms with E-state index < -0.39 is 10.9 Å². The van der Waals surface area contributed by atoms with E-state index in [4.69, 9.17) is 9.84 Å². The van der Waals surface area contributed by atoms with Crippen LogP contribution in [0, 0.1) is 17.0 Å². The summed E-state index contributed by atoms with van der Waals surface area (Å²) in [6.07, 6.45) is 1.26. The minimum Gasteiger partial charge on any atom is -0.490 e. The minimum absolute atomic E-state index is 0.0333. The fourth-order valence-corrected chi connectivity index (χ4v) is 2.00. The molecule has 2 aromatic rings. The van der Waals surface area contributed by atoms with Gasteiger partial charge < -0.3 is 14.4 Å². The van der Waals surface area contributed by atoms with Crippen molar-refractivity contribution in [2.45, 2.75) is 13.5 Å². The Kier molecular flexibility index (Phi) is 3.88. The van der Waals surface area contributed by atoms with Crippen LogP contribution in [0.25, 0.3) is 0 Å². The second-order valence-electron chi connectivity index (χ2n) is 4.35. The SMILES string of the molecule is COc1ccc(Cn2c(C(=O)O)cnc2C)cc1[N+](=O)[O-]. The first-order chi connectivity index (χ1) is 9.93. The lowest BCUT2D eigenvalue weighted by atomic mass is 10.2. The Morgan fingerprint density at radius 2 is 2.24 bits per heavy atom. The number of carbonyl (C=O) groups is 1. The largest absolute Gasteiger partial charge is 0.490 e. The third-order valence-electron chi connectivity index (χ3n) is 3.05. The van der Waals surface area contributed by atoms with Gasteiger partial charge in [-0.2, -0.15) is 0 Å². The maximum absolute atomic E-state index is 11.1. The first-order valence-electron chi connectivity index (χ1n) is 6.00. The van der Waals surface area contributed by atoms with Crippen LogP contribution in [0.5, 0.6) is 5.75 Å². The zero-order chi connectivity index (χ0) is 15.6. The Hall–Kier alpha value is -2.90. The first kappa shape index (κ1) is 14.5. The summed E-state index contributed by atoms with van der Waals surface area (Å²) in [5.41, 5.74) is 0.460. The molecule has 2 rings (SSSR count). The number of methoxy groups -OCH3 is 1. The number of rotatable bonds is 5. The predicted molar refractivity (Wildman–Crippen MR) is 72.7 cm³/mol. The molecular formula is C13H13N3O5. The van der Waals surface area contributed by atoms with Gasteiger partial charge in [0.2, 0.25) is 0 Å². The lowest BCUT2D eigenvalue weighted by Crippen LogP contribution is -2.11. The van der Waals surface area contributed by atoms with E-state index in [1.54, 1.807) is 13.0 Å². The van der Waals surface area contributed by atoms with Gasteiger partial charge in [-0.05, 0) is 18.6 Å². The Morgan fingerprint density at radius 1 is 1.52 bits per heavy atom. The number of hydrogen-bond acceptors (Lipinski definition) is 5. The van der Waals surface area contributed by atoms with Crippen molar-refractivity contribution >= 4 is 11.7 Å². The molecule has 110 valence electrons. The van der Waals surface area contributed by atoms with E-state index in [0.717, 1.165) is 0 Å². The van der Waals surface area contributed by atoms with Crippen molar-refractivity contribution in [1.29, 1.82) is 0 Å². The molecule has 1 aromatic carbocycles. The monoisotopic (exact) mass is 291 g/mol. The number of nitro groups is 1. The maximum atomic E-state index is 11.1. The molecule has 0 bridgehead atoms. The van der Waals surface area contributed by atoms with Crippen molar-refractivity contribution in [3.8, 4) is 5.75 Å². The van der Waals surface area contributed by atoms with Crippen LogP contribution in [0.4, 0.5) is 5.69 Å². The van der Waals surface area contributed by atoms with Gasteiger partial charge in [0.25, 0.3) is 0 Å². The first-order valence-corrected chi connectivity index (χ1v) is 6.00. The van der Waals surface area contributed by atoms with Gasteiger partial charge in [-0.25, -0.2) is 9.78 Å². The molecule has 0 aliphatic carbocycles. The van der Waals surface area contributed by atoms with E-state index in [0.29, 0.717) is 11.4 Å². The molecule has 0 atom stereocenters. The molecule has 0 saturated carbocycles. The summed E-state index contributed by atoms with van der Waals surface area (Å²) in [5.74, 6) is -0.422. The molecule has 0 saturated heterocycles. The average Bonchev–Trinajstić information content (AvgIpc) is 2.80. The maximum Gasteiger partial charge on any atom is 0.354 e. The number of hydrogen-bond donors (Lipinski definition) is 1. The molecule has 0 radical (unpaired) electrons. The van der Waals surface area contributed by atoms with E-state index in [1.165, 1.54) is 30.0 Å². The molecule has 0 aliphatic rings. The van der Waals surface area contributed by atoms with Crippen LogP contribution in [-0.2, 0) is 6.54 Å². The Labute approximate surface area is 119 Å². The summed E-state index contributed by atoms with van der Waals surface area (Å²) < 4.78 is 6.41. The van der Waals surface area contributed by atoms with Crippen LogP contribution < -0.4 is 4.74 Å². The number of benzene rings is 1. The van der Waals surface area contributed by atoms with E-state index in [9.17, 15) is 14.9 Å². The van der Waals surface area contributed by atoms with Gasteiger partial charge in [0.1, 0.15) is 11.5 Å². The molecule has 0 amide bonds. The zero-order valence-electron chi connectivity index (χ0n) is 11.4. The molecule has 0 spiro atoms. The highest BCUT2D eigenvalue weighted by atomic mass is 16.6. The third kappa shape index (κ3) is 2.83. The molecule has 0 fully saturated rings. The molecule has 0 aliphatic heterocycles. The standard InChI is InChI=1S/C13H13N3O5/c1-8-14-6-11(13(17)18)15(8)7-9-3-4-12(21-2)10(5-9)16(19)20/h3-6H,7H2,1-2H3,(H,17,18). The van der Waals surface area contributed by atoms with Crippen molar-refractivity contribution in [2.75, 3.05) is 7.11 Å². The van der Waals surface area contributed by atoms with Gasteiger partial charge in [-0.15, -0.1) is 0 Å².